The van der Waals surface area contributed by atoms with Crippen LogP contribution in [-0.4, -0.2) is 11.5 Å². The molecule has 7 heteroatoms. The summed E-state index contributed by atoms with van der Waals surface area (Å²) in [5.74, 6) is -0.282. The summed E-state index contributed by atoms with van der Waals surface area (Å²) in [7, 11) is 0. The number of nitrogens with one attached hydrogen (secondary N) is 2. The molecule has 0 aliphatic carbocycles. The smallest absolute Gasteiger partial charge is 0.406 e. The Balaban J connectivity index is 1.92. The van der Waals surface area contributed by atoms with Gasteiger partial charge in [-0.15, -0.1) is 13.2 Å². The van der Waals surface area contributed by atoms with E-state index in [0.717, 1.165) is 5.69 Å². The summed E-state index contributed by atoms with van der Waals surface area (Å²) < 4.78 is 39.9. The molecule has 2 rings (SSSR count). The molecule has 0 amide bonds. The Morgan fingerprint density at radius 3 is 1.90 bits per heavy atom. The minimum absolute atomic E-state index is 0.282. The molecule has 3 nitrogen and oxygen atoms in total. The third-order valence-electron chi connectivity index (χ3n) is 2.38. The standard InChI is InChI=1S/C14H11F3N2OS/c15-14(16,17)20-12-8-6-11(7-9-12)19-13(21)18-10-4-2-1-3-5-10/h1-9H,(H2,18,19,21). The SMILES string of the molecule is FC(F)(F)Oc1ccc(NC(=S)Nc2ccccc2)cc1. The molecule has 2 N–H and O–H groups in total. The summed E-state index contributed by atoms with van der Waals surface area (Å²) in [6.07, 6.45) is -4.70. The Kier molecular flexibility index (Phi) is 4.64. The van der Waals surface area contributed by atoms with Gasteiger partial charge in [0.2, 0.25) is 0 Å². The van der Waals surface area contributed by atoms with Crippen molar-refractivity contribution in [2.75, 3.05) is 10.6 Å². The van der Waals surface area contributed by atoms with E-state index in [1.165, 1.54) is 24.3 Å². The number of alkyl halides is 3. The van der Waals surface area contributed by atoms with Crippen LogP contribution in [0.3, 0.4) is 0 Å². The van der Waals surface area contributed by atoms with Crippen molar-refractivity contribution in [3.8, 4) is 5.75 Å². The number of hydrogen-bond acceptors (Lipinski definition) is 2. The number of para-hydroxylation sites is 1. The first-order valence-corrected chi connectivity index (χ1v) is 6.32. The van der Waals surface area contributed by atoms with Crippen LogP contribution < -0.4 is 15.4 Å². The van der Waals surface area contributed by atoms with Gasteiger partial charge >= 0.3 is 6.36 Å². The lowest BCUT2D eigenvalue weighted by Gasteiger charge is -2.12. The van der Waals surface area contributed by atoms with Crippen LogP contribution in [0.5, 0.6) is 5.75 Å². The van der Waals surface area contributed by atoms with Gasteiger partial charge in [0.15, 0.2) is 5.11 Å². The molecule has 0 saturated carbocycles. The fourth-order valence-corrected chi connectivity index (χ4v) is 1.79. The van der Waals surface area contributed by atoms with Crippen LogP contribution in [-0.2, 0) is 0 Å². The summed E-state index contributed by atoms with van der Waals surface area (Å²) in [6.45, 7) is 0. The molecule has 2 aromatic carbocycles. The van der Waals surface area contributed by atoms with Crippen molar-refractivity contribution in [3.05, 3.63) is 54.6 Å². The number of rotatable bonds is 3. The minimum Gasteiger partial charge on any atom is -0.406 e. The molecule has 0 bridgehead atoms. The van der Waals surface area contributed by atoms with Crippen LogP contribution >= 0.6 is 12.2 Å². The number of benzene rings is 2. The Morgan fingerprint density at radius 1 is 0.857 bits per heavy atom. The predicted octanol–water partition coefficient (Wildman–Crippen LogP) is 4.39. The second-order valence-corrected chi connectivity index (χ2v) is 4.43. The van der Waals surface area contributed by atoms with Gasteiger partial charge < -0.3 is 15.4 Å². The molecule has 0 unspecified atom stereocenters. The van der Waals surface area contributed by atoms with Crippen LogP contribution in [0, 0.1) is 0 Å². The number of ether oxygens (including phenoxy) is 1. The molecular weight excluding hydrogens is 301 g/mol. The maximum absolute atomic E-state index is 12.0. The maximum atomic E-state index is 12.0. The molecule has 2 aromatic rings. The maximum Gasteiger partial charge on any atom is 0.573 e. The third-order valence-corrected chi connectivity index (χ3v) is 2.58. The average molecular weight is 312 g/mol. The van der Waals surface area contributed by atoms with Gasteiger partial charge in [-0.05, 0) is 48.6 Å². The highest BCUT2D eigenvalue weighted by Crippen LogP contribution is 2.24. The van der Waals surface area contributed by atoms with Crippen molar-refractivity contribution in [1.82, 2.24) is 0 Å². The molecule has 0 radical (unpaired) electrons. The van der Waals surface area contributed by atoms with Crippen molar-refractivity contribution >= 4 is 28.7 Å². The summed E-state index contributed by atoms with van der Waals surface area (Å²) >= 11 is 5.11. The van der Waals surface area contributed by atoms with Gasteiger partial charge in [0.1, 0.15) is 5.75 Å². The van der Waals surface area contributed by atoms with E-state index in [1.54, 1.807) is 0 Å². The largest absolute Gasteiger partial charge is 0.573 e. The molecule has 0 heterocycles. The van der Waals surface area contributed by atoms with Crippen molar-refractivity contribution in [2.24, 2.45) is 0 Å². The lowest BCUT2D eigenvalue weighted by molar-refractivity contribution is -0.274. The van der Waals surface area contributed by atoms with Crippen LogP contribution in [0.1, 0.15) is 0 Å². The molecule has 0 aliphatic rings. The second kappa shape index (κ2) is 6.45. The van der Waals surface area contributed by atoms with Crippen LogP contribution in [0.15, 0.2) is 54.6 Å². The average Bonchev–Trinajstić information content (AvgIpc) is 2.40. The van der Waals surface area contributed by atoms with Gasteiger partial charge in [-0.3, -0.25) is 0 Å². The Hall–Kier alpha value is -2.28. The van der Waals surface area contributed by atoms with Gasteiger partial charge in [0.25, 0.3) is 0 Å². The Labute approximate surface area is 124 Å². The quantitative estimate of drug-likeness (QED) is 0.823. The van der Waals surface area contributed by atoms with E-state index in [4.69, 9.17) is 12.2 Å². The number of thiocarbonyl (C=S) groups is 1. The molecule has 0 aromatic heterocycles. The van der Waals surface area contributed by atoms with Gasteiger partial charge in [-0.2, -0.15) is 0 Å². The van der Waals surface area contributed by atoms with E-state index >= 15 is 0 Å². The fourth-order valence-electron chi connectivity index (χ4n) is 1.55. The lowest BCUT2D eigenvalue weighted by atomic mass is 10.3. The molecular formula is C14H11F3N2OS. The van der Waals surface area contributed by atoms with Gasteiger partial charge in [-0.25, -0.2) is 0 Å². The van der Waals surface area contributed by atoms with E-state index in [1.807, 2.05) is 30.3 Å². The van der Waals surface area contributed by atoms with E-state index < -0.39 is 6.36 Å². The molecule has 21 heavy (non-hydrogen) atoms. The van der Waals surface area contributed by atoms with Crippen LogP contribution in [0.25, 0.3) is 0 Å². The van der Waals surface area contributed by atoms with Gasteiger partial charge in [0, 0.05) is 11.4 Å². The zero-order valence-corrected chi connectivity index (χ0v) is 11.5. The monoisotopic (exact) mass is 312 g/mol. The molecule has 0 spiro atoms. The molecule has 110 valence electrons. The first-order valence-electron chi connectivity index (χ1n) is 5.91. The van der Waals surface area contributed by atoms with Crippen LogP contribution in [0.2, 0.25) is 0 Å². The second-order valence-electron chi connectivity index (χ2n) is 4.02. The zero-order chi connectivity index (χ0) is 15.3. The lowest BCUT2D eigenvalue weighted by Crippen LogP contribution is -2.19. The summed E-state index contributed by atoms with van der Waals surface area (Å²) in [4.78, 5) is 0. The molecule has 0 saturated heterocycles. The topological polar surface area (TPSA) is 33.3 Å². The van der Waals surface area contributed by atoms with E-state index in [9.17, 15) is 13.2 Å². The highest BCUT2D eigenvalue weighted by Gasteiger charge is 2.30. The third kappa shape index (κ3) is 5.31. The summed E-state index contributed by atoms with van der Waals surface area (Å²) in [5.41, 5.74) is 1.37. The fraction of sp³-hybridized carbons (Fsp3) is 0.0714. The van der Waals surface area contributed by atoms with Crippen LogP contribution in [0.4, 0.5) is 24.5 Å². The Morgan fingerprint density at radius 2 is 1.38 bits per heavy atom. The molecule has 0 atom stereocenters. The summed E-state index contributed by atoms with van der Waals surface area (Å²) in [5, 5.41) is 6.15. The summed E-state index contributed by atoms with van der Waals surface area (Å²) in [6, 6.07) is 14.6. The molecule has 0 aliphatic heterocycles. The van der Waals surface area contributed by atoms with E-state index in [0.29, 0.717) is 10.8 Å². The normalized spacial score (nSPS) is 10.8. The molecule has 0 fully saturated rings. The van der Waals surface area contributed by atoms with E-state index in [2.05, 4.69) is 15.4 Å². The number of halogens is 3. The van der Waals surface area contributed by atoms with Crippen molar-refractivity contribution in [1.29, 1.82) is 0 Å². The van der Waals surface area contributed by atoms with E-state index in [-0.39, 0.29) is 5.75 Å². The van der Waals surface area contributed by atoms with Gasteiger partial charge in [-0.1, -0.05) is 18.2 Å². The minimum atomic E-state index is -4.70. The first kappa shape index (κ1) is 15.1. The zero-order valence-electron chi connectivity index (χ0n) is 10.6. The highest BCUT2D eigenvalue weighted by atomic mass is 32.1. The van der Waals surface area contributed by atoms with Crippen molar-refractivity contribution < 1.29 is 17.9 Å². The Bertz CT molecular complexity index is 600. The number of anilines is 2. The van der Waals surface area contributed by atoms with Crippen molar-refractivity contribution in [3.63, 3.8) is 0 Å². The number of hydrogen-bond donors (Lipinski definition) is 2. The van der Waals surface area contributed by atoms with Crippen molar-refractivity contribution in [2.45, 2.75) is 6.36 Å². The van der Waals surface area contributed by atoms with Gasteiger partial charge in [0.05, 0.1) is 0 Å². The first-order chi connectivity index (χ1) is 9.92. The highest BCUT2D eigenvalue weighted by molar-refractivity contribution is 7.80. The predicted molar refractivity (Wildman–Crippen MR) is 79.4 cm³/mol.